The first kappa shape index (κ1) is 19.3. The molecule has 4 rings (SSSR count). The lowest BCUT2D eigenvalue weighted by Gasteiger charge is -2.23. The molecule has 1 unspecified atom stereocenters. The molecule has 28 heavy (non-hydrogen) atoms. The van der Waals surface area contributed by atoms with Gasteiger partial charge >= 0.3 is 0 Å². The molecule has 2 aromatic carbocycles. The highest BCUT2D eigenvalue weighted by Gasteiger charge is 2.40. The van der Waals surface area contributed by atoms with Crippen LogP contribution in [0.5, 0.6) is 0 Å². The molecule has 1 saturated heterocycles. The molecular formula is C18H17ClN4O3S2. The van der Waals surface area contributed by atoms with Crippen LogP contribution in [0.2, 0.25) is 5.02 Å². The molecule has 0 radical (unpaired) electrons. The Balaban J connectivity index is 1.56. The Labute approximate surface area is 171 Å². The molecule has 1 N–H and O–H groups in total. The molecule has 1 fully saturated rings. The summed E-state index contributed by atoms with van der Waals surface area (Å²) in [6.07, 6.45) is 1.09. The molecule has 2 heterocycles. The molecule has 3 aromatic rings. The molecule has 10 heteroatoms. The average molecular weight is 437 g/mol. The Morgan fingerprint density at radius 3 is 2.86 bits per heavy atom. The Kier molecular flexibility index (Phi) is 5.33. The van der Waals surface area contributed by atoms with E-state index in [1.165, 1.54) is 10.4 Å². The van der Waals surface area contributed by atoms with Crippen LogP contribution in [0.1, 0.15) is 18.4 Å². The number of carbonyl (C=O) groups is 1. The molecule has 1 aliphatic rings. The maximum Gasteiger partial charge on any atom is 0.246 e. The van der Waals surface area contributed by atoms with E-state index in [0.29, 0.717) is 35.4 Å². The van der Waals surface area contributed by atoms with E-state index in [2.05, 4.69) is 14.1 Å². The number of amides is 1. The monoisotopic (exact) mass is 436 g/mol. The van der Waals surface area contributed by atoms with Crippen molar-refractivity contribution in [2.24, 2.45) is 0 Å². The molecule has 1 aromatic heterocycles. The highest BCUT2D eigenvalue weighted by atomic mass is 35.5. The summed E-state index contributed by atoms with van der Waals surface area (Å²) in [5, 5.41) is 3.37. The second-order valence-electron chi connectivity index (χ2n) is 6.47. The average Bonchev–Trinajstić information content (AvgIpc) is 3.36. The quantitative estimate of drug-likeness (QED) is 0.663. The third kappa shape index (κ3) is 3.50. The Morgan fingerprint density at radius 2 is 2.04 bits per heavy atom. The predicted molar refractivity (Wildman–Crippen MR) is 108 cm³/mol. The van der Waals surface area contributed by atoms with Crippen LogP contribution < -0.4 is 5.32 Å². The summed E-state index contributed by atoms with van der Waals surface area (Å²) in [7, 11) is -3.87. The number of nitrogens with one attached hydrogen (secondary N) is 1. The second kappa shape index (κ2) is 7.75. The summed E-state index contributed by atoms with van der Waals surface area (Å²) in [4.78, 5) is 12.8. The van der Waals surface area contributed by atoms with Crippen LogP contribution >= 0.6 is 23.3 Å². The van der Waals surface area contributed by atoms with Gasteiger partial charge in [0, 0.05) is 18.1 Å². The number of halogens is 1. The second-order valence-corrected chi connectivity index (χ2v) is 9.27. The summed E-state index contributed by atoms with van der Waals surface area (Å²) in [5.41, 5.74) is 1.66. The van der Waals surface area contributed by atoms with Gasteiger partial charge in [-0.1, -0.05) is 35.9 Å². The fourth-order valence-electron chi connectivity index (χ4n) is 3.35. The first-order valence-electron chi connectivity index (χ1n) is 8.73. The van der Waals surface area contributed by atoms with Gasteiger partial charge in [-0.2, -0.15) is 13.1 Å². The Bertz CT molecular complexity index is 1130. The third-order valence-electron chi connectivity index (χ3n) is 4.75. The maximum absolute atomic E-state index is 13.3. The number of hydrogen-bond donors (Lipinski definition) is 1. The van der Waals surface area contributed by atoms with Crippen LogP contribution in [0.25, 0.3) is 11.0 Å². The summed E-state index contributed by atoms with van der Waals surface area (Å²) < 4.78 is 36.0. The number of fused-ring (bicyclic) bond motifs is 1. The van der Waals surface area contributed by atoms with Gasteiger partial charge in [-0.3, -0.25) is 4.79 Å². The van der Waals surface area contributed by atoms with Crippen LogP contribution in [-0.2, 0) is 21.4 Å². The van der Waals surface area contributed by atoms with E-state index in [1.807, 2.05) is 18.2 Å². The van der Waals surface area contributed by atoms with Gasteiger partial charge in [0.1, 0.15) is 22.0 Å². The van der Waals surface area contributed by atoms with E-state index in [4.69, 9.17) is 11.6 Å². The van der Waals surface area contributed by atoms with E-state index < -0.39 is 16.1 Å². The summed E-state index contributed by atoms with van der Waals surface area (Å²) in [6.45, 7) is 0.537. The molecular weight excluding hydrogens is 420 g/mol. The van der Waals surface area contributed by atoms with Crippen LogP contribution in [0.15, 0.2) is 47.4 Å². The molecule has 1 atom stereocenters. The van der Waals surface area contributed by atoms with Gasteiger partial charge in [-0.25, -0.2) is 8.42 Å². The highest BCUT2D eigenvalue weighted by Crippen LogP contribution is 2.30. The molecule has 1 amide bonds. The lowest BCUT2D eigenvalue weighted by atomic mass is 10.2. The van der Waals surface area contributed by atoms with Crippen molar-refractivity contribution < 1.29 is 13.2 Å². The number of aromatic nitrogens is 2. The van der Waals surface area contributed by atoms with Gasteiger partial charge in [-0.15, -0.1) is 0 Å². The first-order valence-corrected chi connectivity index (χ1v) is 11.3. The zero-order chi connectivity index (χ0) is 19.7. The summed E-state index contributed by atoms with van der Waals surface area (Å²) in [5.74, 6) is -0.329. The topological polar surface area (TPSA) is 92.3 Å². The Morgan fingerprint density at radius 1 is 1.21 bits per heavy atom. The molecule has 0 bridgehead atoms. The van der Waals surface area contributed by atoms with Crippen LogP contribution in [0, 0.1) is 0 Å². The molecule has 146 valence electrons. The molecule has 7 nitrogen and oxygen atoms in total. The van der Waals surface area contributed by atoms with Gasteiger partial charge in [0.15, 0.2) is 0 Å². The van der Waals surface area contributed by atoms with Gasteiger partial charge in [0.25, 0.3) is 0 Å². The van der Waals surface area contributed by atoms with E-state index in [0.717, 1.165) is 17.3 Å². The van der Waals surface area contributed by atoms with Crippen molar-refractivity contribution in [3.05, 3.63) is 53.1 Å². The van der Waals surface area contributed by atoms with Crippen molar-refractivity contribution in [3.63, 3.8) is 0 Å². The zero-order valence-corrected chi connectivity index (χ0v) is 17.1. The predicted octanol–water partition coefficient (Wildman–Crippen LogP) is 2.81. The Hall–Kier alpha value is -2.07. The van der Waals surface area contributed by atoms with Crippen molar-refractivity contribution in [1.29, 1.82) is 0 Å². The normalized spacial score (nSPS) is 17.8. The number of rotatable bonds is 5. The van der Waals surface area contributed by atoms with Crippen molar-refractivity contribution in [2.75, 3.05) is 6.54 Å². The van der Waals surface area contributed by atoms with Crippen molar-refractivity contribution >= 4 is 50.3 Å². The van der Waals surface area contributed by atoms with Crippen molar-refractivity contribution in [1.82, 2.24) is 18.4 Å². The number of hydrogen-bond acceptors (Lipinski definition) is 6. The van der Waals surface area contributed by atoms with Gasteiger partial charge < -0.3 is 5.32 Å². The number of sulfonamides is 1. The lowest BCUT2D eigenvalue weighted by Crippen LogP contribution is -2.45. The van der Waals surface area contributed by atoms with Crippen molar-refractivity contribution in [3.8, 4) is 0 Å². The maximum atomic E-state index is 13.3. The zero-order valence-electron chi connectivity index (χ0n) is 14.7. The number of benzene rings is 2. The minimum atomic E-state index is -3.87. The molecule has 0 spiro atoms. The minimum Gasteiger partial charge on any atom is -0.351 e. The standard InChI is InChI=1S/C18H17ClN4O3S2/c19-13-6-2-1-5-12(13)11-20-18(24)15-8-4-10-23(15)28(25,26)16-9-3-7-14-17(16)22-27-21-14/h1-3,5-7,9,15H,4,8,10-11H2,(H,20,24). The third-order valence-corrected chi connectivity index (χ3v) is 7.60. The smallest absolute Gasteiger partial charge is 0.246 e. The van der Waals surface area contributed by atoms with Gasteiger partial charge in [0.2, 0.25) is 15.9 Å². The van der Waals surface area contributed by atoms with Crippen LogP contribution in [-0.4, -0.2) is 40.0 Å². The molecule has 0 aliphatic carbocycles. The minimum absolute atomic E-state index is 0.0875. The SMILES string of the molecule is O=C(NCc1ccccc1Cl)C1CCCN1S(=O)(=O)c1cccc2nsnc12. The highest BCUT2D eigenvalue weighted by molar-refractivity contribution is 7.89. The molecule has 0 saturated carbocycles. The van der Waals surface area contributed by atoms with Crippen molar-refractivity contribution in [2.45, 2.75) is 30.3 Å². The van der Waals surface area contributed by atoms with Gasteiger partial charge in [-0.05, 0) is 36.6 Å². The number of carbonyl (C=O) groups excluding carboxylic acids is 1. The van der Waals surface area contributed by atoms with Gasteiger partial charge in [0.05, 0.1) is 11.7 Å². The van der Waals surface area contributed by atoms with E-state index in [1.54, 1.807) is 18.2 Å². The first-order chi connectivity index (χ1) is 13.5. The van der Waals surface area contributed by atoms with Crippen LogP contribution in [0.3, 0.4) is 0 Å². The molecule has 1 aliphatic heterocycles. The summed E-state index contributed by atoms with van der Waals surface area (Å²) in [6, 6.07) is 11.3. The lowest BCUT2D eigenvalue weighted by molar-refractivity contribution is -0.124. The van der Waals surface area contributed by atoms with Crippen LogP contribution in [0.4, 0.5) is 0 Å². The van der Waals surface area contributed by atoms with E-state index >= 15 is 0 Å². The fourth-order valence-corrected chi connectivity index (χ4v) is 5.96. The number of nitrogens with zero attached hydrogens (tertiary/aromatic N) is 3. The summed E-state index contributed by atoms with van der Waals surface area (Å²) >= 11 is 7.09. The fraction of sp³-hybridized carbons (Fsp3) is 0.278. The largest absolute Gasteiger partial charge is 0.351 e. The van der Waals surface area contributed by atoms with E-state index in [9.17, 15) is 13.2 Å². The van der Waals surface area contributed by atoms with E-state index in [-0.39, 0.29) is 17.3 Å².